The van der Waals surface area contributed by atoms with E-state index in [4.69, 9.17) is 18.9 Å². The minimum absolute atomic E-state index is 0.415. The highest BCUT2D eigenvalue weighted by molar-refractivity contribution is 7.15. The molecule has 4 heterocycles. The Morgan fingerprint density at radius 2 is 0.500 bits per heavy atom. The average Bonchev–Trinajstić information content (AvgIpc) is 4.20. The highest BCUT2D eigenvalue weighted by Gasteiger charge is 2.13. The Hall–Kier alpha value is -8.20. The molecule has 0 bridgehead atoms. The maximum Gasteiger partial charge on any atom is 0.337 e. The standard InChI is InChI=1S/C56H32O8S4/c1-61-53(57)37-17-5-33(6-18-37)13-25-41-29-45-46-30-42(26-14-34-7-19-38(20-8-34)54(58)62-2)67-51(46)52-48(32-44(68-52)28-16-36-11-23-40(24-12-36)56(60)64-4)47-31-43(66-50(47)49(45)65-41)27-15-35-9-21-39(22-10-35)55(59)63-3/h5-12,17-24,29-32H,1-4H3/b46-45-,48-47-,50-49-,52-51-. The molecule has 0 fully saturated rings. The predicted molar refractivity (Wildman–Crippen MR) is 263 cm³/mol. The molecule has 68 heavy (non-hydrogen) atoms. The van der Waals surface area contributed by atoms with Crippen molar-refractivity contribution in [2.24, 2.45) is 0 Å². The Bertz CT molecular complexity index is 3360. The number of esters is 4. The molecule has 4 aromatic heterocycles. The van der Waals surface area contributed by atoms with E-state index in [1.54, 1.807) is 142 Å². The summed E-state index contributed by atoms with van der Waals surface area (Å²) in [7, 11) is 5.40. The van der Waals surface area contributed by atoms with Gasteiger partial charge in [-0.3, -0.25) is 0 Å². The number of hydrogen-bond acceptors (Lipinski definition) is 12. The second-order valence-corrected chi connectivity index (χ2v) is 18.9. The van der Waals surface area contributed by atoms with Crippen LogP contribution in [0.2, 0.25) is 0 Å². The first-order valence-electron chi connectivity index (χ1n) is 20.5. The summed E-state index contributed by atoms with van der Waals surface area (Å²) in [5.41, 5.74) is 4.75. The number of fused-ring (bicyclic) bond motifs is 4. The third kappa shape index (κ3) is 9.54. The molecule has 0 amide bonds. The van der Waals surface area contributed by atoms with Gasteiger partial charge >= 0.3 is 23.9 Å². The minimum atomic E-state index is -0.415. The zero-order chi connectivity index (χ0) is 47.3. The molecule has 1 aliphatic carbocycles. The Morgan fingerprint density at radius 3 is 0.676 bits per heavy atom. The van der Waals surface area contributed by atoms with Crippen LogP contribution in [0.5, 0.6) is 0 Å². The monoisotopic (exact) mass is 960 g/mol. The van der Waals surface area contributed by atoms with Gasteiger partial charge in [-0.15, -0.1) is 45.3 Å². The van der Waals surface area contributed by atoms with E-state index in [9.17, 15) is 19.2 Å². The topological polar surface area (TPSA) is 105 Å². The van der Waals surface area contributed by atoms with Crippen molar-refractivity contribution in [2.75, 3.05) is 28.4 Å². The van der Waals surface area contributed by atoms with Crippen molar-refractivity contribution < 1.29 is 38.1 Å². The van der Waals surface area contributed by atoms with E-state index in [2.05, 4.69) is 71.6 Å². The molecule has 0 saturated carbocycles. The van der Waals surface area contributed by atoms with Gasteiger partial charge in [0.25, 0.3) is 0 Å². The van der Waals surface area contributed by atoms with Crippen LogP contribution in [0.3, 0.4) is 0 Å². The van der Waals surface area contributed by atoms with Crippen LogP contribution >= 0.6 is 45.3 Å². The lowest BCUT2D eigenvalue weighted by Crippen LogP contribution is -2.00. The minimum Gasteiger partial charge on any atom is -0.465 e. The summed E-state index contributed by atoms with van der Waals surface area (Å²) in [6.07, 6.45) is 0. The first kappa shape index (κ1) is 45.0. The molecule has 0 spiro atoms. The van der Waals surface area contributed by atoms with E-state index >= 15 is 0 Å². The molecule has 0 saturated heterocycles. The highest BCUT2D eigenvalue weighted by atomic mass is 32.1. The summed E-state index contributed by atoms with van der Waals surface area (Å²) in [6.45, 7) is 0. The quantitative estimate of drug-likeness (QED) is 0.0976. The van der Waals surface area contributed by atoms with Gasteiger partial charge in [0.1, 0.15) is 0 Å². The lowest BCUT2D eigenvalue weighted by Gasteiger charge is -1.97. The van der Waals surface area contributed by atoms with Gasteiger partial charge in [0, 0.05) is 43.1 Å². The van der Waals surface area contributed by atoms with E-state index in [1.165, 1.54) is 28.4 Å². The zero-order valence-corrected chi connectivity index (χ0v) is 39.7. The summed E-state index contributed by atoms with van der Waals surface area (Å²) in [4.78, 5) is 51.7. The molecular weight excluding hydrogens is 929 g/mol. The van der Waals surface area contributed by atoms with Crippen LogP contribution in [0.1, 0.15) is 83.2 Å². The fraction of sp³-hybridized carbons (Fsp3) is 0.0714. The number of carbonyl (C=O) groups is 4. The van der Waals surface area contributed by atoms with Crippen LogP contribution in [0.25, 0.3) is 0 Å². The Morgan fingerprint density at radius 1 is 0.309 bits per heavy atom. The van der Waals surface area contributed by atoms with Crippen molar-refractivity contribution in [3.63, 3.8) is 0 Å². The third-order valence-electron chi connectivity index (χ3n) is 10.5. The number of methoxy groups -OCH3 is 4. The van der Waals surface area contributed by atoms with Gasteiger partial charge in [-0.1, -0.05) is 47.4 Å². The fourth-order valence-electron chi connectivity index (χ4n) is 7.05. The first-order chi connectivity index (χ1) is 33.1. The molecule has 4 aromatic carbocycles. The van der Waals surface area contributed by atoms with E-state index in [0.717, 1.165) is 80.8 Å². The molecule has 0 radical (unpaired) electrons. The molecule has 8 nitrogen and oxygen atoms in total. The number of hydrogen-bond donors (Lipinski definition) is 0. The van der Waals surface area contributed by atoms with Crippen LogP contribution in [0, 0.1) is 86.4 Å². The Labute approximate surface area is 405 Å². The molecule has 0 atom stereocenters. The summed E-state index contributed by atoms with van der Waals surface area (Å²) >= 11 is 6.37. The number of rotatable bonds is 4. The van der Waals surface area contributed by atoms with Crippen LogP contribution in [-0.2, 0) is 18.9 Å². The Balaban J connectivity index is 1.29. The molecule has 0 aliphatic heterocycles. The van der Waals surface area contributed by atoms with E-state index in [1.807, 2.05) is 0 Å². The number of thiophene rings is 4. The normalized spacial score (nSPS) is 12.5. The maximum atomic E-state index is 12.1. The van der Waals surface area contributed by atoms with Gasteiger partial charge in [0.2, 0.25) is 0 Å². The molecule has 0 unspecified atom stereocenters. The van der Waals surface area contributed by atoms with Crippen molar-refractivity contribution in [3.05, 3.63) is 224 Å². The van der Waals surface area contributed by atoms with Gasteiger partial charge in [-0.05, 0) is 121 Å². The van der Waals surface area contributed by atoms with Crippen LogP contribution < -0.4 is 0 Å². The number of benzene rings is 4. The average molecular weight is 961 g/mol. The van der Waals surface area contributed by atoms with Crippen molar-refractivity contribution in [1.29, 1.82) is 0 Å². The van der Waals surface area contributed by atoms with E-state index in [0.29, 0.717) is 22.3 Å². The van der Waals surface area contributed by atoms with Gasteiger partial charge in [0.15, 0.2) is 0 Å². The molecule has 12 heteroatoms. The summed E-state index contributed by atoms with van der Waals surface area (Å²) in [5, 5.41) is 4.00. The van der Waals surface area contributed by atoms with E-state index in [-0.39, 0.29) is 0 Å². The largest absolute Gasteiger partial charge is 0.465 e. The molecule has 0 N–H and O–H groups in total. The van der Waals surface area contributed by atoms with Gasteiger partial charge in [-0.2, -0.15) is 0 Å². The molecule has 1 aliphatic rings. The highest BCUT2D eigenvalue weighted by Crippen LogP contribution is 2.29. The van der Waals surface area contributed by atoms with Crippen LogP contribution in [-0.4, -0.2) is 52.3 Å². The summed E-state index contributed by atoms with van der Waals surface area (Å²) in [6, 6.07) is 36.5. The molecule has 328 valence electrons. The van der Waals surface area contributed by atoms with Gasteiger partial charge in [-0.25, -0.2) is 19.2 Å². The second-order valence-electron chi connectivity index (χ2n) is 14.7. The zero-order valence-electron chi connectivity index (χ0n) is 36.4. The van der Waals surface area contributed by atoms with Gasteiger partial charge < -0.3 is 18.9 Å². The first-order valence-corrected chi connectivity index (χ1v) is 23.8. The Kier molecular flexibility index (Phi) is 13.0. The fourth-order valence-corrected chi connectivity index (χ4v) is 11.5. The van der Waals surface area contributed by atoms with Gasteiger partial charge in [0.05, 0.1) is 88.3 Å². The molecule has 9 rings (SSSR count). The summed E-state index contributed by atoms with van der Waals surface area (Å²) < 4.78 is 23.6. The lowest BCUT2D eigenvalue weighted by molar-refractivity contribution is 0.0592. The summed E-state index contributed by atoms with van der Waals surface area (Å²) in [5.74, 6) is 25.0. The third-order valence-corrected chi connectivity index (χ3v) is 15.0. The van der Waals surface area contributed by atoms with E-state index < -0.39 is 23.9 Å². The molecular formula is C56H32O8S4. The predicted octanol–water partition coefficient (Wildman–Crippen LogP) is 10.1. The number of ether oxygens (including phenoxy) is 4. The molecule has 8 aromatic rings. The van der Waals surface area contributed by atoms with Crippen LogP contribution in [0.4, 0.5) is 0 Å². The number of carbonyl (C=O) groups excluding carboxylic acids is 4. The maximum absolute atomic E-state index is 12.1. The van der Waals surface area contributed by atoms with Crippen molar-refractivity contribution in [2.45, 2.75) is 0 Å². The van der Waals surface area contributed by atoms with Crippen molar-refractivity contribution >= 4 is 69.2 Å². The lowest BCUT2D eigenvalue weighted by atomic mass is 10.1. The van der Waals surface area contributed by atoms with Crippen LogP contribution in [0.15, 0.2) is 121 Å². The SMILES string of the molecule is COC(=O)c1ccc(C#Cc2cc3/c(s2)=c2/sc(C#Cc4ccc(C(=O)OC)cc4)c/c2=c2\cc(C#Cc4ccc(C(=O)OC)cc4)s\c2=c2/sc(C#Cc4ccc(C(=O)OC)cc4)c/c2=3)cc1. The smallest absolute Gasteiger partial charge is 0.337 e. The second kappa shape index (κ2) is 19.7. The van der Waals surface area contributed by atoms with Crippen molar-refractivity contribution in [3.8, 4) is 47.4 Å². The van der Waals surface area contributed by atoms with Crippen molar-refractivity contribution in [1.82, 2.24) is 0 Å².